The van der Waals surface area contributed by atoms with Crippen molar-refractivity contribution in [3.05, 3.63) is 17.5 Å². The molecule has 1 heterocycles. The van der Waals surface area contributed by atoms with E-state index in [-0.39, 0.29) is 12.2 Å². The van der Waals surface area contributed by atoms with E-state index in [2.05, 4.69) is 10.4 Å². The van der Waals surface area contributed by atoms with Crippen molar-refractivity contribution in [2.75, 3.05) is 6.54 Å². The maximum absolute atomic E-state index is 12.7. The van der Waals surface area contributed by atoms with Crippen molar-refractivity contribution in [2.24, 2.45) is 7.05 Å². The molecule has 1 aliphatic carbocycles. The van der Waals surface area contributed by atoms with Gasteiger partial charge in [-0.05, 0) is 19.3 Å². The fraction of sp³-hybridized carbons (Fsp3) is 0.727. The molecule has 102 valence electrons. The number of nitrogens with zero attached hydrogens (tertiary/aromatic N) is 2. The molecule has 1 aromatic heterocycles. The van der Waals surface area contributed by atoms with E-state index >= 15 is 0 Å². The van der Waals surface area contributed by atoms with Gasteiger partial charge < -0.3 is 10.4 Å². The lowest BCUT2D eigenvalue weighted by molar-refractivity contribution is -0.138. The predicted molar refractivity (Wildman–Crippen MR) is 58.7 cm³/mol. The summed E-state index contributed by atoms with van der Waals surface area (Å²) >= 11 is 0. The SMILES string of the molecule is Cn1ncc(C(F)(F)F)c1CNCC1(O)CCC1. The van der Waals surface area contributed by atoms with E-state index in [1.807, 2.05) is 0 Å². The summed E-state index contributed by atoms with van der Waals surface area (Å²) in [5.41, 5.74) is -1.37. The monoisotopic (exact) mass is 263 g/mol. The van der Waals surface area contributed by atoms with Crippen molar-refractivity contribution in [1.82, 2.24) is 15.1 Å². The molecule has 1 saturated carbocycles. The van der Waals surface area contributed by atoms with Crippen LogP contribution >= 0.6 is 0 Å². The molecule has 2 N–H and O–H groups in total. The zero-order valence-corrected chi connectivity index (χ0v) is 10.1. The highest BCUT2D eigenvalue weighted by molar-refractivity contribution is 5.21. The second-order valence-electron chi connectivity index (χ2n) is 4.81. The van der Waals surface area contributed by atoms with Gasteiger partial charge in [-0.3, -0.25) is 4.68 Å². The number of aryl methyl sites for hydroxylation is 1. The van der Waals surface area contributed by atoms with Crippen LogP contribution in [0.5, 0.6) is 0 Å². The van der Waals surface area contributed by atoms with E-state index in [1.54, 1.807) is 0 Å². The summed E-state index contributed by atoms with van der Waals surface area (Å²) in [5, 5.41) is 16.3. The number of aromatic nitrogens is 2. The Morgan fingerprint density at radius 3 is 2.67 bits per heavy atom. The fourth-order valence-corrected chi connectivity index (χ4v) is 2.08. The molecule has 1 fully saturated rings. The van der Waals surface area contributed by atoms with E-state index in [0.29, 0.717) is 19.4 Å². The van der Waals surface area contributed by atoms with Gasteiger partial charge in [0.05, 0.1) is 23.1 Å². The van der Waals surface area contributed by atoms with Gasteiger partial charge in [0.2, 0.25) is 0 Å². The van der Waals surface area contributed by atoms with Gasteiger partial charge in [-0.2, -0.15) is 18.3 Å². The summed E-state index contributed by atoms with van der Waals surface area (Å²) < 4.78 is 39.2. The molecule has 0 amide bonds. The van der Waals surface area contributed by atoms with Crippen LogP contribution in [0, 0.1) is 0 Å². The van der Waals surface area contributed by atoms with Gasteiger partial charge in [0.25, 0.3) is 0 Å². The highest BCUT2D eigenvalue weighted by Gasteiger charge is 2.37. The number of hydrogen-bond donors (Lipinski definition) is 2. The number of hydrogen-bond acceptors (Lipinski definition) is 3. The van der Waals surface area contributed by atoms with Crippen LogP contribution in [0.25, 0.3) is 0 Å². The highest BCUT2D eigenvalue weighted by Crippen LogP contribution is 2.32. The molecule has 0 bridgehead atoms. The number of alkyl halides is 3. The average Bonchev–Trinajstić information content (AvgIpc) is 2.57. The second-order valence-corrected chi connectivity index (χ2v) is 4.81. The summed E-state index contributed by atoms with van der Waals surface area (Å²) in [6.45, 7) is 0.364. The fourth-order valence-electron chi connectivity index (χ4n) is 2.08. The van der Waals surface area contributed by atoms with Crippen LogP contribution in [0.15, 0.2) is 6.20 Å². The normalized spacial score (nSPS) is 18.7. The summed E-state index contributed by atoms with van der Waals surface area (Å²) in [4.78, 5) is 0. The van der Waals surface area contributed by atoms with Crippen LogP contribution in [-0.4, -0.2) is 27.0 Å². The van der Waals surface area contributed by atoms with Crippen LogP contribution in [0.2, 0.25) is 0 Å². The summed E-state index contributed by atoms with van der Waals surface area (Å²) in [6, 6.07) is 0. The molecule has 0 aromatic carbocycles. The van der Waals surface area contributed by atoms with E-state index in [1.165, 1.54) is 11.7 Å². The van der Waals surface area contributed by atoms with Crippen molar-refractivity contribution in [3.63, 3.8) is 0 Å². The van der Waals surface area contributed by atoms with Gasteiger partial charge in [0.15, 0.2) is 0 Å². The molecule has 1 aliphatic rings. The lowest BCUT2D eigenvalue weighted by Crippen LogP contribution is -2.46. The number of rotatable bonds is 4. The van der Waals surface area contributed by atoms with Crippen LogP contribution in [0.3, 0.4) is 0 Å². The Morgan fingerprint density at radius 1 is 1.50 bits per heavy atom. The van der Waals surface area contributed by atoms with Gasteiger partial charge in [0, 0.05) is 20.1 Å². The third-order valence-corrected chi connectivity index (χ3v) is 3.40. The maximum atomic E-state index is 12.7. The number of aliphatic hydroxyl groups is 1. The Morgan fingerprint density at radius 2 is 2.17 bits per heavy atom. The van der Waals surface area contributed by atoms with E-state index in [9.17, 15) is 18.3 Å². The number of halogens is 3. The standard InChI is InChI=1S/C11H16F3N3O/c1-17-9(8(5-16-17)11(12,13)14)6-15-7-10(18)3-2-4-10/h5,15,18H,2-4,6-7H2,1H3. The van der Waals surface area contributed by atoms with Gasteiger partial charge in [-0.1, -0.05) is 0 Å². The van der Waals surface area contributed by atoms with Crippen LogP contribution < -0.4 is 5.32 Å². The minimum Gasteiger partial charge on any atom is -0.389 e. The molecule has 1 aromatic rings. The largest absolute Gasteiger partial charge is 0.419 e. The third kappa shape index (κ3) is 2.67. The van der Waals surface area contributed by atoms with Crippen molar-refractivity contribution in [1.29, 1.82) is 0 Å². The molecule has 0 aliphatic heterocycles. The first-order valence-electron chi connectivity index (χ1n) is 5.83. The second kappa shape index (κ2) is 4.55. The molecule has 4 nitrogen and oxygen atoms in total. The molecule has 2 rings (SSSR count). The summed E-state index contributed by atoms with van der Waals surface area (Å²) in [5.74, 6) is 0. The molecule has 7 heteroatoms. The quantitative estimate of drug-likeness (QED) is 0.864. The zero-order chi connectivity index (χ0) is 13.4. The predicted octanol–water partition coefficient (Wildman–Crippen LogP) is 1.44. The first kappa shape index (κ1) is 13.4. The van der Waals surface area contributed by atoms with Gasteiger partial charge in [0.1, 0.15) is 0 Å². The molecule has 18 heavy (non-hydrogen) atoms. The van der Waals surface area contributed by atoms with Gasteiger partial charge in [-0.25, -0.2) is 0 Å². The van der Waals surface area contributed by atoms with Crippen molar-refractivity contribution < 1.29 is 18.3 Å². The van der Waals surface area contributed by atoms with E-state index in [0.717, 1.165) is 12.6 Å². The van der Waals surface area contributed by atoms with Gasteiger partial charge >= 0.3 is 6.18 Å². The molecule has 0 unspecified atom stereocenters. The van der Waals surface area contributed by atoms with Crippen molar-refractivity contribution in [3.8, 4) is 0 Å². The number of nitrogens with one attached hydrogen (secondary N) is 1. The maximum Gasteiger partial charge on any atom is 0.419 e. The first-order chi connectivity index (χ1) is 8.32. The molecule has 0 radical (unpaired) electrons. The van der Waals surface area contributed by atoms with E-state index < -0.39 is 17.3 Å². The highest BCUT2D eigenvalue weighted by atomic mass is 19.4. The first-order valence-corrected chi connectivity index (χ1v) is 5.83. The van der Waals surface area contributed by atoms with E-state index in [4.69, 9.17) is 0 Å². The lowest BCUT2D eigenvalue weighted by Gasteiger charge is -2.36. The molecule has 0 atom stereocenters. The Balaban J connectivity index is 1.98. The Kier molecular flexibility index (Phi) is 3.37. The smallest absolute Gasteiger partial charge is 0.389 e. The average molecular weight is 263 g/mol. The van der Waals surface area contributed by atoms with Crippen LogP contribution in [0.1, 0.15) is 30.5 Å². The molecular weight excluding hydrogens is 247 g/mol. The van der Waals surface area contributed by atoms with Gasteiger partial charge in [-0.15, -0.1) is 0 Å². The Labute approximate surface area is 103 Å². The minimum atomic E-state index is -4.39. The molecular formula is C11H16F3N3O. The summed E-state index contributed by atoms with van der Waals surface area (Å²) in [7, 11) is 1.48. The van der Waals surface area contributed by atoms with Crippen molar-refractivity contribution >= 4 is 0 Å². The molecule has 0 spiro atoms. The van der Waals surface area contributed by atoms with Crippen LogP contribution in [0.4, 0.5) is 13.2 Å². The van der Waals surface area contributed by atoms with Crippen molar-refractivity contribution in [2.45, 2.75) is 37.6 Å². The summed E-state index contributed by atoms with van der Waals surface area (Å²) in [6.07, 6.45) is -1.18. The lowest BCUT2D eigenvalue weighted by atomic mass is 9.80. The van der Waals surface area contributed by atoms with Crippen LogP contribution in [-0.2, 0) is 19.8 Å². The minimum absolute atomic E-state index is 0.0493. The topological polar surface area (TPSA) is 50.1 Å². The molecule has 0 saturated heterocycles. The Hall–Kier alpha value is -1.08. The Bertz CT molecular complexity index is 424. The zero-order valence-electron chi connectivity index (χ0n) is 10.1. The third-order valence-electron chi connectivity index (χ3n) is 3.40.